The van der Waals surface area contributed by atoms with E-state index in [-0.39, 0.29) is 23.3 Å². The van der Waals surface area contributed by atoms with E-state index in [2.05, 4.69) is 0 Å². The quantitative estimate of drug-likeness (QED) is 0.411. The van der Waals surface area contributed by atoms with Crippen LogP contribution in [-0.2, 0) is 28.9 Å². The molecule has 0 aliphatic heterocycles. The molecule has 0 fully saturated rings. The third-order valence-electron chi connectivity index (χ3n) is 7.66. The zero-order valence-electron chi connectivity index (χ0n) is 19.7. The van der Waals surface area contributed by atoms with Crippen molar-refractivity contribution in [3.63, 3.8) is 0 Å². The number of ketones is 2. The minimum atomic E-state index is -2.61. The lowest BCUT2D eigenvalue weighted by atomic mass is 9.58. The Morgan fingerprint density at radius 2 is 1.76 bits per heavy atom. The lowest BCUT2D eigenvalue weighted by Crippen LogP contribution is -2.63. The molecule has 0 spiro atoms. The molecular formula is C25H30N2O7. The molecule has 3 aliphatic rings. The summed E-state index contributed by atoms with van der Waals surface area (Å²) in [6.45, 7) is 3.81. The van der Waals surface area contributed by atoms with Crippen molar-refractivity contribution in [3.05, 3.63) is 51.0 Å². The van der Waals surface area contributed by atoms with Crippen molar-refractivity contribution in [2.45, 2.75) is 51.2 Å². The molecule has 1 amide bonds. The van der Waals surface area contributed by atoms with Crippen molar-refractivity contribution < 1.29 is 34.8 Å². The monoisotopic (exact) mass is 470 g/mol. The number of aliphatic hydroxyl groups excluding tert-OH is 2. The van der Waals surface area contributed by atoms with E-state index in [4.69, 9.17) is 5.73 Å². The molecule has 182 valence electrons. The van der Waals surface area contributed by atoms with Gasteiger partial charge in [-0.1, -0.05) is 19.9 Å². The second-order valence-corrected chi connectivity index (χ2v) is 9.57. The summed E-state index contributed by atoms with van der Waals surface area (Å²) >= 11 is 0. The van der Waals surface area contributed by atoms with E-state index in [1.807, 2.05) is 19.9 Å². The average Bonchev–Trinajstić information content (AvgIpc) is 2.76. The normalized spacial score (nSPS) is 28.7. The lowest BCUT2D eigenvalue weighted by molar-refractivity contribution is -0.148. The van der Waals surface area contributed by atoms with Gasteiger partial charge in [-0.3, -0.25) is 19.3 Å². The van der Waals surface area contributed by atoms with Crippen LogP contribution in [-0.4, -0.2) is 68.5 Å². The number of hydrogen-bond donors (Lipinski definition) is 5. The summed E-state index contributed by atoms with van der Waals surface area (Å²) in [5, 5.41) is 44.5. The standard InChI is InChI=1S/C25H30N2O7/c1-5-10-7-11(6-2)19(28)16-13(10)8-12-9-14-18(27(3)4)21(30)17(24(26)33)23(32)25(14,34)22(31)15(12)20(16)29/h7,12,14,18,28,30-31,34H,5-6,8-9H2,1-4H3,(H2,26,33)/t12-,14-,18-,25+/m1/s1. The van der Waals surface area contributed by atoms with Gasteiger partial charge in [-0.15, -0.1) is 0 Å². The lowest BCUT2D eigenvalue weighted by Gasteiger charge is -2.50. The summed E-state index contributed by atoms with van der Waals surface area (Å²) in [5.41, 5.74) is 4.07. The Morgan fingerprint density at radius 1 is 1.15 bits per heavy atom. The molecule has 0 saturated heterocycles. The van der Waals surface area contributed by atoms with Crippen LogP contribution in [0.4, 0.5) is 0 Å². The maximum Gasteiger partial charge on any atom is 0.255 e. The first kappa shape index (κ1) is 24.0. The van der Waals surface area contributed by atoms with E-state index in [0.717, 1.165) is 5.56 Å². The molecule has 0 saturated carbocycles. The van der Waals surface area contributed by atoms with Crippen molar-refractivity contribution in [1.82, 2.24) is 4.90 Å². The van der Waals surface area contributed by atoms with Crippen molar-refractivity contribution in [1.29, 1.82) is 0 Å². The number of likely N-dealkylation sites (N-methyl/N-ethyl adjacent to an activating group) is 1. The predicted molar refractivity (Wildman–Crippen MR) is 122 cm³/mol. The Bertz CT molecular complexity index is 1200. The summed E-state index contributed by atoms with van der Waals surface area (Å²) in [7, 11) is 3.21. The largest absolute Gasteiger partial charge is 0.510 e. The number of amides is 1. The highest BCUT2D eigenvalue weighted by Crippen LogP contribution is 2.52. The van der Waals surface area contributed by atoms with E-state index in [0.29, 0.717) is 30.4 Å². The van der Waals surface area contributed by atoms with Crippen molar-refractivity contribution in [2.75, 3.05) is 14.1 Å². The Morgan fingerprint density at radius 3 is 2.29 bits per heavy atom. The number of allylic oxidation sites excluding steroid dienone is 1. The molecule has 0 aromatic heterocycles. The summed E-state index contributed by atoms with van der Waals surface area (Å²) in [5.74, 6) is -6.27. The molecule has 3 aliphatic carbocycles. The van der Waals surface area contributed by atoms with Crippen LogP contribution in [0, 0.1) is 11.8 Å². The molecule has 1 aromatic rings. The van der Waals surface area contributed by atoms with E-state index >= 15 is 0 Å². The maximum atomic E-state index is 13.7. The zero-order chi connectivity index (χ0) is 25.3. The fourth-order valence-corrected chi connectivity index (χ4v) is 6.04. The van der Waals surface area contributed by atoms with Crippen LogP contribution in [0.3, 0.4) is 0 Å². The third kappa shape index (κ3) is 2.96. The smallest absolute Gasteiger partial charge is 0.255 e. The first-order valence-corrected chi connectivity index (χ1v) is 11.4. The van der Waals surface area contributed by atoms with Crippen LogP contribution in [0.2, 0.25) is 0 Å². The molecule has 0 unspecified atom stereocenters. The Labute approximate surface area is 197 Å². The van der Waals surface area contributed by atoms with E-state index in [1.54, 1.807) is 14.1 Å². The summed E-state index contributed by atoms with van der Waals surface area (Å²) in [6, 6.07) is 0.891. The molecule has 1 aromatic carbocycles. The fourth-order valence-electron chi connectivity index (χ4n) is 6.04. The van der Waals surface area contributed by atoms with Crippen LogP contribution >= 0.6 is 0 Å². The number of phenols is 1. The number of rotatable bonds is 4. The Balaban J connectivity index is 1.99. The van der Waals surface area contributed by atoms with Gasteiger partial charge in [0.1, 0.15) is 22.8 Å². The van der Waals surface area contributed by atoms with Crippen molar-refractivity contribution in [2.24, 2.45) is 17.6 Å². The predicted octanol–water partition coefficient (Wildman–Crippen LogP) is 1.25. The van der Waals surface area contributed by atoms with E-state index < -0.39 is 58.0 Å². The average molecular weight is 471 g/mol. The van der Waals surface area contributed by atoms with Gasteiger partial charge in [-0.2, -0.15) is 0 Å². The molecule has 6 N–H and O–H groups in total. The topological polar surface area (TPSA) is 161 Å². The number of carbonyl (C=O) groups is 3. The number of benzene rings is 1. The second-order valence-electron chi connectivity index (χ2n) is 9.57. The van der Waals surface area contributed by atoms with Crippen LogP contribution in [0.15, 0.2) is 28.7 Å². The van der Waals surface area contributed by atoms with Crippen LogP contribution in [0.5, 0.6) is 5.75 Å². The molecule has 4 atom stereocenters. The van der Waals surface area contributed by atoms with Crippen molar-refractivity contribution >= 4 is 17.5 Å². The van der Waals surface area contributed by atoms with Crippen LogP contribution in [0.1, 0.15) is 47.3 Å². The molecule has 0 heterocycles. The number of phenolic OH excluding ortho intramolecular Hbond substituents is 1. The van der Waals surface area contributed by atoms with Gasteiger partial charge in [-0.05, 0) is 62.4 Å². The minimum absolute atomic E-state index is 0.0805. The summed E-state index contributed by atoms with van der Waals surface area (Å²) < 4.78 is 0. The van der Waals surface area contributed by atoms with Gasteiger partial charge in [0.25, 0.3) is 5.91 Å². The molecule has 0 radical (unpaired) electrons. The Hall–Kier alpha value is -3.17. The van der Waals surface area contributed by atoms with Gasteiger partial charge in [-0.25, -0.2) is 0 Å². The first-order chi connectivity index (χ1) is 15.9. The molecule has 4 rings (SSSR count). The fraction of sp³-hybridized carbons (Fsp3) is 0.480. The number of aliphatic hydroxyl groups is 3. The number of aryl methyl sites for hydroxylation is 2. The molecule has 0 bridgehead atoms. The number of hydrogen-bond acceptors (Lipinski definition) is 8. The number of fused-ring (bicyclic) bond motifs is 3. The zero-order valence-corrected chi connectivity index (χ0v) is 19.7. The number of nitrogens with zero attached hydrogens (tertiary/aromatic N) is 1. The molecule has 9 nitrogen and oxygen atoms in total. The number of nitrogens with two attached hydrogens (primary N) is 1. The Kier molecular flexibility index (Phi) is 5.61. The van der Waals surface area contributed by atoms with Crippen molar-refractivity contribution in [3.8, 4) is 5.75 Å². The highest BCUT2D eigenvalue weighted by molar-refractivity contribution is 6.24. The third-order valence-corrected chi connectivity index (χ3v) is 7.66. The first-order valence-electron chi connectivity index (χ1n) is 11.4. The van der Waals surface area contributed by atoms with Crippen LogP contribution in [0.25, 0.3) is 0 Å². The van der Waals surface area contributed by atoms with Gasteiger partial charge in [0.15, 0.2) is 11.4 Å². The summed E-state index contributed by atoms with van der Waals surface area (Å²) in [4.78, 5) is 40.5. The molecule has 34 heavy (non-hydrogen) atoms. The molecular weight excluding hydrogens is 440 g/mol. The van der Waals surface area contributed by atoms with Gasteiger partial charge >= 0.3 is 0 Å². The van der Waals surface area contributed by atoms with Gasteiger partial charge in [0, 0.05) is 11.5 Å². The van der Waals surface area contributed by atoms with Crippen LogP contribution < -0.4 is 5.73 Å². The highest BCUT2D eigenvalue weighted by atomic mass is 16.3. The highest BCUT2D eigenvalue weighted by Gasteiger charge is 2.63. The maximum absolute atomic E-state index is 13.7. The SMILES string of the molecule is CCc1cc(CC)c2c(c1O)C(=O)C1=C(O)[C@]3(O)C(=O)C(C(N)=O)=C(O)[C@H](N(C)C)[C@H]3C[C@H]1C2. The number of carbonyl (C=O) groups excluding carboxylic acids is 3. The molecule has 9 heteroatoms. The van der Waals surface area contributed by atoms with E-state index in [1.165, 1.54) is 4.90 Å². The van der Waals surface area contributed by atoms with Gasteiger partial charge in [0.05, 0.1) is 11.6 Å². The number of primary amides is 1. The van der Waals surface area contributed by atoms with Gasteiger partial charge < -0.3 is 26.2 Å². The van der Waals surface area contributed by atoms with E-state index in [9.17, 15) is 34.8 Å². The number of aromatic hydroxyl groups is 1. The number of Topliss-reactive ketones (excluding diaryl/α,β-unsaturated/α-hetero) is 2. The minimum Gasteiger partial charge on any atom is -0.510 e. The summed E-state index contributed by atoms with van der Waals surface area (Å²) in [6.07, 6.45) is 1.54. The second kappa shape index (κ2) is 7.95. The van der Waals surface area contributed by atoms with Gasteiger partial charge in [0.2, 0.25) is 5.78 Å².